The molecule has 5 rings (SSSR count). The molecular formula is C25H26N6O2. The van der Waals surface area contributed by atoms with Gasteiger partial charge in [-0.2, -0.15) is 5.10 Å². The summed E-state index contributed by atoms with van der Waals surface area (Å²) < 4.78 is 11.1. The summed E-state index contributed by atoms with van der Waals surface area (Å²) in [5.41, 5.74) is 11.5. The second kappa shape index (κ2) is 9.40. The number of fused-ring (bicyclic) bond motifs is 1. The average molecular weight is 443 g/mol. The van der Waals surface area contributed by atoms with Crippen LogP contribution < -0.4 is 10.5 Å². The van der Waals surface area contributed by atoms with Crippen LogP contribution in [0.3, 0.4) is 0 Å². The van der Waals surface area contributed by atoms with Crippen molar-refractivity contribution >= 4 is 29.0 Å². The van der Waals surface area contributed by atoms with E-state index in [0.717, 1.165) is 72.0 Å². The van der Waals surface area contributed by atoms with Gasteiger partial charge in [0.05, 0.1) is 37.2 Å². The Morgan fingerprint density at radius 2 is 2.00 bits per heavy atom. The molecule has 0 atom stereocenters. The number of morpholine rings is 1. The zero-order chi connectivity index (χ0) is 22.6. The summed E-state index contributed by atoms with van der Waals surface area (Å²) >= 11 is 0. The quantitative estimate of drug-likeness (QED) is 0.470. The number of methoxy groups -OCH3 is 1. The van der Waals surface area contributed by atoms with E-state index in [0.29, 0.717) is 0 Å². The van der Waals surface area contributed by atoms with Crippen molar-refractivity contribution in [3.05, 3.63) is 65.5 Å². The third-order valence-corrected chi connectivity index (χ3v) is 5.80. The van der Waals surface area contributed by atoms with Gasteiger partial charge < -0.3 is 15.2 Å². The highest BCUT2D eigenvalue weighted by atomic mass is 16.5. The Kier molecular flexibility index (Phi) is 6.01. The Morgan fingerprint density at radius 1 is 1.12 bits per heavy atom. The molecule has 0 bridgehead atoms. The monoisotopic (exact) mass is 442 g/mol. The van der Waals surface area contributed by atoms with Gasteiger partial charge in [0.2, 0.25) is 5.95 Å². The number of benzene rings is 2. The highest BCUT2D eigenvalue weighted by Crippen LogP contribution is 2.26. The van der Waals surface area contributed by atoms with Crippen LogP contribution in [-0.2, 0) is 11.3 Å². The third-order valence-electron chi connectivity index (χ3n) is 5.80. The SMILES string of the molecule is COc1cc(C=Cc2n[nH]c3cc(-c4ccnc(N)n4)ccc23)ccc1CN1CCOCC1. The number of H-pyrrole nitrogens is 1. The van der Waals surface area contributed by atoms with Crippen LogP contribution in [0.5, 0.6) is 5.75 Å². The van der Waals surface area contributed by atoms with E-state index in [9.17, 15) is 0 Å². The minimum atomic E-state index is 0.257. The molecular weight excluding hydrogens is 416 g/mol. The molecule has 8 nitrogen and oxygen atoms in total. The number of hydrogen-bond acceptors (Lipinski definition) is 7. The largest absolute Gasteiger partial charge is 0.496 e. The summed E-state index contributed by atoms with van der Waals surface area (Å²) in [6.45, 7) is 4.33. The van der Waals surface area contributed by atoms with Crippen molar-refractivity contribution in [2.75, 3.05) is 39.1 Å². The standard InChI is InChI=1S/C25H26N6O2/c1-32-24-14-17(2-4-19(24)16-31-10-12-33-13-11-31)3-7-22-20-6-5-18(15-23(20)30-29-22)21-8-9-27-25(26)28-21/h2-9,14-15H,10-13,16H2,1H3,(H,29,30)(H2,26,27,28). The van der Waals surface area contributed by atoms with Gasteiger partial charge in [0.15, 0.2) is 0 Å². The molecule has 0 amide bonds. The number of rotatable bonds is 6. The van der Waals surface area contributed by atoms with Crippen LogP contribution in [0.1, 0.15) is 16.8 Å². The lowest BCUT2D eigenvalue weighted by atomic mass is 10.1. The smallest absolute Gasteiger partial charge is 0.220 e. The van der Waals surface area contributed by atoms with Crippen molar-refractivity contribution in [2.24, 2.45) is 0 Å². The molecule has 0 spiro atoms. The fourth-order valence-corrected chi connectivity index (χ4v) is 4.03. The average Bonchev–Trinajstić information content (AvgIpc) is 3.26. The summed E-state index contributed by atoms with van der Waals surface area (Å²) in [4.78, 5) is 10.6. The molecule has 0 aliphatic carbocycles. The van der Waals surface area contributed by atoms with Gasteiger partial charge in [-0.1, -0.05) is 24.3 Å². The van der Waals surface area contributed by atoms with E-state index < -0.39 is 0 Å². The molecule has 0 unspecified atom stereocenters. The first-order valence-corrected chi connectivity index (χ1v) is 10.9. The molecule has 1 fully saturated rings. The van der Waals surface area contributed by atoms with Gasteiger partial charge in [-0.25, -0.2) is 9.97 Å². The number of nitrogens with one attached hydrogen (secondary N) is 1. The van der Waals surface area contributed by atoms with Gasteiger partial charge in [-0.15, -0.1) is 0 Å². The Balaban J connectivity index is 1.35. The lowest BCUT2D eigenvalue weighted by molar-refractivity contribution is 0.0339. The van der Waals surface area contributed by atoms with Gasteiger partial charge >= 0.3 is 0 Å². The van der Waals surface area contributed by atoms with Gasteiger partial charge in [-0.3, -0.25) is 10.00 Å². The molecule has 8 heteroatoms. The van der Waals surface area contributed by atoms with Crippen molar-refractivity contribution < 1.29 is 9.47 Å². The Morgan fingerprint density at radius 3 is 2.82 bits per heavy atom. The molecule has 4 aromatic rings. The van der Waals surface area contributed by atoms with E-state index in [1.165, 1.54) is 5.56 Å². The number of anilines is 1. The predicted octanol–water partition coefficient (Wildman–Crippen LogP) is 3.61. The fraction of sp³-hybridized carbons (Fsp3) is 0.240. The van der Waals surface area contributed by atoms with E-state index in [2.05, 4.69) is 49.3 Å². The topological polar surface area (TPSA) is 102 Å². The molecule has 33 heavy (non-hydrogen) atoms. The van der Waals surface area contributed by atoms with Crippen LogP contribution in [0.4, 0.5) is 5.95 Å². The highest BCUT2D eigenvalue weighted by molar-refractivity contribution is 5.91. The first-order valence-electron chi connectivity index (χ1n) is 10.9. The van der Waals surface area contributed by atoms with Crippen molar-refractivity contribution in [3.63, 3.8) is 0 Å². The maximum absolute atomic E-state index is 5.72. The molecule has 1 aliphatic rings. The van der Waals surface area contributed by atoms with E-state index in [1.807, 2.05) is 30.3 Å². The van der Waals surface area contributed by atoms with Crippen molar-refractivity contribution in [1.82, 2.24) is 25.1 Å². The summed E-state index contributed by atoms with van der Waals surface area (Å²) in [6, 6.07) is 14.2. The lowest BCUT2D eigenvalue weighted by Gasteiger charge is -2.27. The minimum absolute atomic E-state index is 0.257. The van der Waals surface area contributed by atoms with Crippen LogP contribution in [0.25, 0.3) is 34.3 Å². The first kappa shape index (κ1) is 21.1. The van der Waals surface area contributed by atoms with E-state index in [4.69, 9.17) is 15.2 Å². The Bertz CT molecular complexity index is 1290. The van der Waals surface area contributed by atoms with Crippen molar-refractivity contribution in [2.45, 2.75) is 6.54 Å². The summed E-state index contributed by atoms with van der Waals surface area (Å²) in [5, 5.41) is 8.63. The zero-order valence-corrected chi connectivity index (χ0v) is 18.5. The number of ether oxygens (including phenoxy) is 2. The number of hydrogen-bond donors (Lipinski definition) is 2. The third kappa shape index (κ3) is 4.72. The van der Waals surface area contributed by atoms with Crippen molar-refractivity contribution in [3.8, 4) is 17.0 Å². The number of aromatic nitrogens is 4. The van der Waals surface area contributed by atoms with Crippen LogP contribution >= 0.6 is 0 Å². The molecule has 168 valence electrons. The molecule has 0 saturated carbocycles. The maximum atomic E-state index is 5.72. The Labute approximate surface area is 192 Å². The lowest BCUT2D eigenvalue weighted by Crippen LogP contribution is -2.35. The van der Waals surface area contributed by atoms with Crippen LogP contribution in [0, 0.1) is 0 Å². The van der Waals surface area contributed by atoms with Crippen molar-refractivity contribution in [1.29, 1.82) is 0 Å². The van der Waals surface area contributed by atoms with Gasteiger partial charge in [0, 0.05) is 42.3 Å². The first-order chi connectivity index (χ1) is 16.2. The van der Waals surface area contributed by atoms with E-state index >= 15 is 0 Å². The molecule has 2 aromatic heterocycles. The molecule has 3 N–H and O–H groups in total. The van der Waals surface area contributed by atoms with Gasteiger partial charge in [0.25, 0.3) is 0 Å². The molecule has 1 saturated heterocycles. The Hall–Kier alpha value is -3.75. The summed E-state index contributed by atoms with van der Waals surface area (Å²) in [6.07, 6.45) is 5.72. The number of aromatic amines is 1. The fourth-order valence-electron chi connectivity index (χ4n) is 4.03. The van der Waals surface area contributed by atoms with E-state index in [1.54, 1.807) is 13.3 Å². The second-order valence-corrected chi connectivity index (χ2v) is 7.96. The molecule has 3 heterocycles. The van der Waals surface area contributed by atoms with E-state index in [-0.39, 0.29) is 5.95 Å². The number of nitrogens with zero attached hydrogens (tertiary/aromatic N) is 4. The normalized spacial score (nSPS) is 14.8. The number of nitrogen functional groups attached to an aromatic ring is 1. The summed E-state index contributed by atoms with van der Waals surface area (Å²) in [5.74, 6) is 1.15. The molecule has 0 radical (unpaired) electrons. The highest BCUT2D eigenvalue weighted by Gasteiger charge is 2.13. The molecule has 2 aromatic carbocycles. The number of nitrogens with two attached hydrogens (primary N) is 1. The molecule has 1 aliphatic heterocycles. The van der Waals surface area contributed by atoms with Gasteiger partial charge in [0.1, 0.15) is 5.75 Å². The van der Waals surface area contributed by atoms with Crippen LogP contribution in [-0.4, -0.2) is 58.5 Å². The zero-order valence-electron chi connectivity index (χ0n) is 18.5. The van der Waals surface area contributed by atoms with Crippen LogP contribution in [0.2, 0.25) is 0 Å². The van der Waals surface area contributed by atoms with Crippen LogP contribution in [0.15, 0.2) is 48.7 Å². The minimum Gasteiger partial charge on any atom is -0.496 e. The maximum Gasteiger partial charge on any atom is 0.220 e. The predicted molar refractivity (Wildman–Crippen MR) is 130 cm³/mol. The van der Waals surface area contributed by atoms with Gasteiger partial charge in [-0.05, 0) is 35.9 Å². The summed E-state index contributed by atoms with van der Waals surface area (Å²) in [7, 11) is 1.72. The second-order valence-electron chi connectivity index (χ2n) is 7.96.